The van der Waals surface area contributed by atoms with Gasteiger partial charge in [-0.2, -0.15) is 13.2 Å². The molecular weight excluding hydrogens is 356 g/mol. The number of alkyl halides is 6. The number of carbonyl (C=O) groups is 2. The Kier molecular flexibility index (Phi) is 5.09. The van der Waals surface area contributed by atoms with Crippen LogP contribution in [0.1, 0.15) is 23.2 Å². The van der Waals surface area contributed by atoms with Crippen molar-refractivity contribution in [3.05, 3.63) is 41.6 Å². The summed E-state index contributed by atoms with van der Waals surface area (Å²) in [5.41, 5.74) is -0.505. The minimum atomic E-state index is -4.95. The normalized spacial score (nSPS) is 18.6. The molecule has 1 amide bonds. The Labute approximate surface area is 137 Å². The van der Waals surface area contributed by atoms with Crippen molar-refractivity contribution in [2.45, 2.75) is 25.4 Å². The van der Waals surface area contributed by atoms with E-state index in [1.54, 1.807) is 0 Å². The van der Waals surface area contributed by atoms with Gasteiger partial charge in [-0.1, -0.05) is 6.07 Å². The molecule has 0 saturated carbocycles. The van der Waals surface area contributed by atoms with E-state index in [1.807, 2.05) is 0 Å². The molecule has 0 spiro atoms. The molecule has 1 unspecified atom stereocenters. The van der Waals surface area contributed by atoms with Gasteiger partial charge in [-0.25, -0.2) is 0 Å². The molecule has 1 aliphatic carbocycles. The zero-order valence-electron chi connectivity index (χ0n) is 12.4. The van der Waals surface area contributed by atoms with E-state index in [2.05, 4.69) is 10.1 Å². The Hall–Kier alpha value is -2.52. The van der Waals surface area contributed by atoms with Gasteiger partial charge in [0.15, 0.2) is 5.78 Å². The molecule has 136 valence electrons. The van der Waals surface area contributed by atoms with Crippen LogP contribution in [0, 0.1) is 5.92 Å². The largest absolute Gasteiger partial charge is 0.573 e. The van der Waals surface area contributed by atoms with E-state index in [4.69, 9.17) is 0 Å². The Morgan fingerprint density at radius 2 is 1.80 bits per heavy atom. The lowest BCUT2D eigenvalue weighted by Crippen LogP contribution is -2.33. The number of ketones is 1. The predicted molar refractivity (Wildman–Crippen MR) is 72.5 cm³/mol. The summed E-state index contributed by atoms with van der Waals surface area (Å²) >= 11 is 0. The van der Waals surface area contributed by atoms with Crippen LogP contribution < -0.4 is 10.1 Å². The van der Waals surface area contributed by atoms with Gasteiger partial charge in [0.05, 0.1) is 5.92 Å². The number of carbonyl (C=O) groups excluding carboxylic acids is 2. The number of nitrogens with one attached hydrogen (secondary N) is 1. The van der Waals surface area contributed by atoms with Crippen molar-refractivity contribution in [2.24, 2.45) is 5.92 Å². The van der Waals surface area contributed by atoms with Crippen molar-refractivity contribution < 1.29 is 40.7 Å². The van der Waals surface area contributed by atoms with Crippen molar-refractivity contribution in [3.63, 3.8) is 0 Å². The van der Waals surface area contributed by atoms with Crippen LogP contribution in [0.2, 0.25) is 0 Å². The van der Waals surface area contributed by atoms with Crippen molar-refractivity contribution in [1.82, 2.24) is 5.32 Å². The van der Waals surface area contributed by atoms with E-state index in [1.165, 1.54) is 0 Å². The summed E-state index contributed by atoms with van der Waals surface area (Å²) in [6.07, 6.45) is -9.97. The van der Waals surface area contributed by atoms with Gasteiger partial charge in [-0.3, -0.25) is 9.59 Å². The van der Waals surface area contributed by atoms with Gasteiger partial charge in [0.25, 0.3) is 5.91 Å². The molecule has 0 fully saturated rings. The second kappa shape index (κ2) is 6.77. The van der Waals surface area contributed by atoms with Crippen molar-refractivity contribution in [3.8, 4) is 5.75 Å². The van der Waals surface area contributed by atoms with Crippen LogP contribution in [0.4, 0.5) is 26.3 Å². The Bertz CT molecular complexity index is 708. The second-order valence-electron chi connectivity index (χ2n) is 5.31. The fourth-order valence-electron chi connectivity index (χ4n) is 2.26. The first-order valence-electron chi connectivity index (χ1n) is 6.91. The van der Waals surface area contributed by atoms with Gasteiger partial charge in [0, 0.05) is 23.8 Å². The first-order valence-corrected chi connectivity index (χ1v) is 6.91. The molecular formula is C15H11F6NO3. The molecule has 1 aliphatic rings. The molecule has 4 nitrogen and oxygen atoms in total. The van der Waals surface area contributed by atoms with Gasteiger partial charge >= 0.3 is 12.5 Å². The second-order valence-corrected chi connectivity index (χ2v) is 5.31. The lowest BCUT2D eigenvalue weighted by Gasteiger charge is -2.24. The fourth-order valence-corrected chi connectivity index (χ4v) is 2.26. The minimum Gasteiger partial charge on any atom is -0.406 e. The average Bonchev–Trinajstić information content (AvgIpc) is 2.44. The van der Waals surface area contributed by atoms with Crippen LogP contribution in [-0.2, 0) is 4.79 Å². The maximum atomic E-state index is 12.7. The molecule has 1 aromatic rings. The van der Waals surface area contributed by atoms with Crippen molar-refractivity contribution in [2.75, 3.05) is 0 Å². The number of hydrogen-bond donors (Lipinski definition) is 1. The molecule has 0 saturated heterocycles. The van der Waals surface area contributed by atoms with Crippen molar-refractivity contribution in [1.29, 1.82) is 0 Å². The number of halogens is 6. The monoisotopic (exact) mass is 367 g/mol. The first-order chi connectivity index (χ1) is 11.4. The predicted octanol–water partition coefficient (Wildman–Crippen LogP) is 3.74. The Balaban J connectivity index is 2.12. The first kappa shape index (κ1) is 18.8. The average molecular weight is 367 g/mol. The van der Waals surface area contributed by atoms with E-state index in [-0.39, 0.29) is 11.3 Å². The molecule has 1 N–H and O–H groups in total. The van der Waals surface area contributed by atoms with Crippen LogP contribution in [0.15, 0.2) is 36.0 Å². The van der Waals surface area contributed by atoms with Crippen LogP contribution in [0.5, 0.6) is 5.75 Å². The third-order valence-corrected chi connectivity index (χ3v) is 3.32. The number of hydrogen-bond acceptors (Lipinski definition) is 3. The van der Waals surface area contributed by atoms with Crippen molar-refractivity contribution >= 4 is 11.7 Å². The highest BCUT2D eigenvalue weighted by molar-refractivity contribution is 5.97. The smallest absolute Gasteiger partial charge is 0.406 e. The molecule has 1 aromatic carbocycles. The fraction of sp³-hybridized carbons (Fsp3) is 0.333. The molecule has 0 aliphatic heterocycles. The van der Waals surface area contributed by atoms with Crippen LogP contribution in [0.3, 0.4) is 0 Å². The van der Waals surface area contributed by atoms with E-state index in [9.17, 15) is 35.9 Å². The number of amides is 1. The van der Waals surface area contributed by atoms with E-state index < -0.39 is 48.7 Å². The standard InChI is InChI=1S/C15H11F6NO3/c16-14(17,18)9-5-10(7-11(23)6-9)22-13(24)8-2-1-3-12(4-8)25-15(19,20)21/h1-4,7,9H,5-6H2,(H,22,24). The number of benzene rings is 1. The maximum Gasteiger partial charge on any atom is 0.573 e. The third-order valence-electron chi connectivity index (χ3n) is 3.32. The third kappa shape index (κ3) is 5.50. The molecule has 1 atom stereocenters. The lowest BCUT2D eigenvalue weighted by atomic mass is 9.90. The van der Waals surface area contributed by atoms with Gasteiger partial charge in [-0.15, -0.1) is 13.2 Å². The highest BCUT2D eigenvalue weighted by atomic mass is 19.4. The number of allylic oxidation sites excluding steroid dienone is 2. The molecule has 0 heterocycles. The molecule has 2 rings (SSSR count). The van der Waals surface area contributed by atoms with E-state index in [0.29, 0.717) is 0 Å². The summed E-state index contributed by atoms with van der Waals surface area (Å²) in [4.78, 5) is 23.4. The zero-order chi connectivity index (χ0) is 18.8. The Morgan fingerprint density at radius 1 is 1.12 bits per heavy atom. The zero-order valence-corrected chi connectivity index (χ0v) is 12.4. The number of rotatable bonds is 3. The molecule has 25 heavy (non-hydrogen) atoms. The minimum absolute atomic E-state index is 0.245. The maximum absolute atomic E-state index is 12.7. The molecule has 0 aromatic heterocycles. The lowest BCUT2D eigenvalue weighted by molar-refractivity contribution is -0.274. The summed E-state index contributed by atoms with van der Waals surface area (Å²) in [5.74, 6) is -4.31. The molecule has 10 heteroatoms. The summed E-state index contributed by atoms with van der Waals surface area (Å²) in [7, 11) is 0. The van der Waals surface area contributed by atoms with Crippen LogP contribution in [-0.4, -0.2) is 24.2 Å². The molecule has 0 bridgehead atoms. The van der Waals surface area contributed by atoms with Gasteiger partial charge in [0.1, 0.15) is 5.75 Å². The van der Waals surface area contributed by atoms with Crippen LogP contribution >= 0.6 is 0 Å². The van der Waals surface area contributed by atoms with Gasteiger partial charge in [0.2, 0.25) is 0 Å². The summed E-state index contributed by atoms with van der Waals surface area (Å²) in [6.45, 7) is 0. The van der Waals surface area contributed by atoms with Gasteiger partial charge in [-0.05, 0) is 24.6 Å². The summed E-state index contributed by atoms with van der Waals surface area (Å²) in [6, 6.07) is 4.03. The summed E-state index contributed by atoms with van der Waals surface area (Å²) < 4.78 is 78.4. The summed E-state index contributed by atoms with van der Waals surface area (Å²) in [5, 5.41) is 2.12. The highest BCUT2D eigenvalue weighted by Gasteiger charge is 2.42. The Morgan fingerprint density at radius 3 is 2.40 bits per heavy atom. The quantitative estimate of drug-likeness (QED) is 0.828. The van der Waals surface area contributed by atoms with E-state index >= 15 is 0 Å². The van der Waals surface area contributed by atoms with Crippen LogP contribution in [0.25, 0.3) is 0 Å². The van der Waals surface area contributed by atoms with Gasteiger partial charge < -0.3 is 10.1 Å². The van der Waals surface area contributed by atoms with E-state index in [0.717, 1.165) is 30.3 Å². The highest BCUT2D eigenvalue weighted by Crippen LogP contribution is 2.36. The topological polar surface area (TPSA) is 55.4 Å². The number of ether oxygens (including phenoxy) is 1. The molecule has 0 radical (unpaired) electrons. The SMILES string of the molecule is O=C1C=C(NC(=O)c2cccc(OC(F)(F)F)c2)CC(C(F)(F)F)C1.